The summed E-state index contributed by atoms with van der Waals surface area (Å²) in [6.45, 7) is 5.30. The molecule has 3 aromatic rings. The molecular formula is C24H21ClFN5O3. The highest BCUT2D eigenvalue weighted by atomic mass is 35.5. The zero-order valence-electron chi connectivity index (χ0n) is 18.3. The fraction of sp³-hybridized carbons (Fsp3) is 0.333. The minimum absolute atomic E-state index is 0.0456. The maximum atomic E-state index is 14.4. The van der Waals surface area contributed by atoms with Gasteiger partial charge in [-0.3, -0.25) is 15.0 Å². The van der Waals surface area contributed by atoms with Gasteiger partial charge in [-0.1, -0.05) is 29.5 Å². The highest BCUT2D eigenvalue weighted by Gasteiger charge is 2.38. The van der Waals surface area contributed by atoms with E-state index in [1.807, 2.05) is 0 Å². The molecular weight excluding hydrogens is 461 g/mol. The van der Waals surface area contributed by atoms with Crippen molar-refractivity contribution < 1.29 is 14.1 Å². The number of benzene rings is 2. The zero-order valence-corrected chi connectivity index (χ0v) is 19.1. The molecule has 2 aliphatic rings. The van der Waals surface area contributed by atoms with Gasteiger partial charge in [0.25, 0.3) is 5.69 Å². The number of nitro groups is 1. The van der Waals surface area contributed by atoms with Crippen LogP contribution >= 0.6 is 11.6 Å². The second kappa shape index (κ2) is 8.80. The van der Waals surface area contributed by atoms with Crippen LogP contribution in [-0.2, 0) is 4.74 Å². The van der Waals surface area contributed by atoms with Gasteiger partial charge in [0.1, 0.15) is 17.7 Å². The fourth-order valence-electron chi connectivity index (χ4n) is 4.23. The molecule has 0 radical (unpaired) electrons. The number of nitrogens with one attached hydrogen (secondary N) is 1. The molecule has 1 atom stereocenters. The Balaban J connectivity index is 1.49. The summed E-state index contributed by atoms with van der Waals surface area (Å²) in [5, 5.41) is 15.1. The van der Waals surface area contributed by atoms with Crippen molar-refractivity contribution in [3.8, 4) is 11.8 Å². The van der Waals surface area contributed by atoms with E-state index < -0.39 is 10.7 Å². The molecule has 0 saturated carbocycles. The highest BCUT2D eigenvalue weighted by Crippen LogP contribution is 2.34. The van der Waals surface area contributed by atoms with E-state index in [4.69, 9.17) is 16.3 Å². The van der Waals surface area contributed by atoms with Crippen molar-refractivity contribution in [2.24, 2.45) is 5.41 Å². The first-order chi connectivity index (χ1) is 16.3. The van der Waals surface area contributed by atoms with Gasteiger partial charge in [0, 0.05) is 30.0 Å². The lowest BCUT2D eigenvalue weighted by Gasteiger charge is -2.35. The van der Waals surface area contributed by atoms with Crippen molar-refractivity contribution in [2.75, 3.05) is 31.6 Å². The Morgan fingerprint density at radius 1 is 1.35 bits per heavy atom. The predicted molar refractivity (Wildman–Crippen MR) is 127 cm³/mol. The van der Waals surface area contributed by atoms with Crippen molar-refractivity contribution in [1.29, 1.82) is 0 Å². The van der Waals surface area contributed by atoms with Crippen molar-refractivity contribution in [3.05, 3.63) is 63.2 Å². The van der Waals surface area contributed by atoms with E-state index in [1.54, 1.807) is 12.1 Å². The van der Waals surface area contributed by atoms with Crippen LogP contribution in [0.3, 0.4) is 0 Å². The van der Waals surface area contributed by atoms with Crippen LogP contribution in [0.2, 0.25) is 5.02 Å². The van der Waals surface area contributed by atoms with E-state index >= 15 is 0 Å². The summed E-state index contributed by atoms with van der Waals surface area (Å²) in [4.78, 5) is 22.2. The molecule has 1 aromatic heterocycles. The van der Waals surface area contributed by atoms with Crippen LogP contribution in [-0.4, -0.2) is 52.1 Å². The van der Waals surface area contributed by atoms with E-state index in [9.17, 15) is 14.5 Å². The Labute approximate surface area is 200 Å². The molecule has 174 valence electrons. The lowest BCUT2D eigenvalue weighted by atomic mass is 9.90. The Bertz CT molecular complexity index is 1350. The van der Waals surface area contributed by atoms with Gasteiger partial charge in [-0.25, -0.2) is 14.4 Å². The molecule has 0 amide bonds. The average Bonchev–Trinajstić information content (AvgIpc) is 3.15. The topological polar surface area (TPSA) is 93.4 Å². The molecule has 2 saturated heterocycles. The maximum absolute atomic E-state index is 14.4. The number of nitrogens with zero attached hydrogens (tertiary/aromatic N) is 4. The summed E-state index contributed by atoms with van der Waals surface area (Å²) in [7, 11) is 0. The summed E-state index contributed by atoms with van der Waals surface area (Å²) in [5.41, 5.74) is 0.424. The summed E-state index contributed by atoms with van der Waals surface area (Å²) in [5.74, 6) is 5.91. The Kier molecular flexibility index (Phi) is 5.81. The Morgan fingerprint density at radius 3 is 2.91 bits per heavy atom. The normalized spacial score (nSPS) is 20.6. The number of hydrogen-bond acceptors (Lipinski definition) is 7. The number of ether oxygens (including phenoxy) is 1. The van der Waals surface area contributed by atoms with Crippen molar-refractivity contribution in [1.82, 2.24) is 14.9 Å². The number of nitro benzene ring substituents is 1. The molecule has 5 rings (SSSR count). The molecule has 3 heterocycles. The standard InChI is InChI=1S/C24H21ClFN5O3/c1-24(7-8-30(13-24)16-11-34-12-16)6-5-15-9-20-17(10-21(15)31(32)33)23(28-14-27-20)29-19-4-2-3-18(25)22(19)26/h2-4,9-10,14,16H,7-8,11-13H2,1H3,(H,27,28,29)/t24-/m1/s1. The molecule has 0 bridgehead atoms. The lowest BCUT2D eigenvalue weighted by molar-refractivity contribution is -0.385. The number of rotatable bonds is 4. The van der Waals surface area contributed by atoms with E-state index in [2.05, 4.69) is 38.9 Å². The van der Waals surface area contributed by atoms with Gasteiger partial charge in [-0.2, -0.15) is 0 Å². The van der Waals surface area contributed by atoms with E-state index in [0.29, 0.717) is 16.9 Å². The first kappa shape index (κ1) is 22.5. The zero-order chi connectivity index (χ0) is 23.9. The summed E-state index contributed by atoms with van der Waals surface area (Å²) in [6.07, 6.45) is 2.20. The van der Waals surface area contributed by atoms with Crippen LogP contribution in [0, 0.1) is 33.2 Å². The second-order valence-corrected chi connectivity index (χ2v) is 9.22. The minimum Gasteiger partial charge on any atom is -0.378 e. The van der Waals surface area contributed by atoms with E-state index in [-0.39, 0.29) is 33.2 Å². The summed E-state index contributed by atoms with van der Waals surface area (Å²) >= 11 is 5.86. The molecule has 10 heteroatoms. The molecule has 34 heavy (non-hydrogen) atoms. The number of fused-ring (bicyclic) bond motifs is 1. The van der Waals surface area contributed by atoms with Crippen molar-refractivity contribution >= 4 is 39.7 Å². The van der Waals surface area contributed by atoms with E-state index in [1.165, 1.54) is 24.5 Å². The molecule has 0 unspecified atom stereocenters. The number of hydrogen-bond donors (Lipinski definition) is 1. The number of aromatic nitrogens is 2. The van der Waals surface area contributed by atoms with Gasteiger partial charge >= 0.3 is 0 Å². The molecule has 8 nitrogen and oxygen atoms in total. The quantitative estimate of drug-likeness (QED) is 0.332. The lowest BCUT2D eigenvalue weighted by Crippen LogP contribution is -2.48. The van der Waals surface area contributed by atoms with Crippen LogP contribution in [0.15, 0.2) is 36.7 Å². The molecule has 2 aliphatic heterocycles. The van der Waals surface area contributed by atoms with Gasteiger partial charge < -0.3 is 10.1 Å². The molecule has 0 aliphatic carbocycles. The van der Waals surface area contributed by atoms with Gasteiger partial charge in [-0.15, -0.1) is 0 Å². The predicted octanol–water partition coefficient (Wildman–Crippen LogP) is 4.54. The van der Waals surface area contributed by atoms with Crippen molar-refractivity contribution in [2.45, 2.75) is 19.4 Å². The third-order valence-electron chi connectivity index (χ3n) is 6.29. The second-order valence-electron chi connectivity index (χ2n) is 8.81. The third-order valence-corrected chi connectivity index (χ3v) is 6.58. The minimum atomic E-state index is -0.639. The Morgan fingerprint density at radius 2 is 2.18 bits per heavy atom. The van der Waals surface area contributed by atoms with Crippen LogP contribution in [0.25, 0.3) is 10.9 Å². The number of halogens is 2. The third kappa shape index (κ3) is 4.28. The summed E-state index contributed by atoms with van der Waals surface area (Å²) < 4.78 is 19.7. The van der Waals surface area contributed by atoms with Gasteiger partial charge in [0.05, 0.1) is 40.4 Å². The first-order valence-electron chi connectivity index (χ1n) is 10.8. The van der Waals surface area contributed by atoms with Crippen molar-refractivity contribution in [3.63, 3.8) is 0 Å². The van der Waals surface area contributed by atoms with Crippen LogP contribution < -0.4 is 5.32 Å². The maximum Gasteiger partial charge on any atom is 0.285 e. The average molecular weight is 482 g/mol. The number of likely N-dealkylation sites (tertiary alicyclic amines) is 1. The smallest absolute Gasteiger partial charge is 0.285 e. The van der Waals surface area contributed by atoms with Crippen LogP contribution in [0.1, 0.15) is 18.9 Å². The van der Waals surface area contributed by atoms with E-state index in [0.717, 1.165) is 32.7 Å². The summed E-state index contributed by atoms with van der Waals surface area (Å²) in [6, 6.07) is 7.92. The molecule has 1 N–H and O–H groups in total. The van der Waals surface area contributed by atoms with Gasteiger partial charge in [0.2, 0.25) is 0 Å². The molecule has 2 aromatic carbocycles. The Hall–Kier alpha value is -3.32. The first-order valence-corrected chi connectivity index (χ1v) is 11.2. The van der Waals surface area contributed by atoms with Gasteiger partial charge in [0.15, 0.2) is 5.82 Å². The van der Waals surface area contributed by atoms with Crippen LogP contribution in [0.5, 0.6) is 0 Å². The monoisotopic (exact) mass is 481 g/mol. The fourth-order valence-corrected chi connectivity index (χ4v) is 4.41. The van der Waals surface area contributed by atoms with Gasteiger partial charge in [-0.05, 0) is 31.5 Å². The largest absolute Gasteiger partial charge is 0.378 e. The molecule has 0 spiro atoms. The molecule has 2 fully saturated rings. The van der Waals surface area contributed by atoms with Crippen LogP contribution in [0.4, 0.5) is 21.6 Å². The SMILES string of the molecule is C[C@@]1(C#Cc2cc3ncnc(Nc4cccc(Cl)c4F)c3cc2[N+](=O)[O-])CCN(C2COC2)C1. The highest BCUT2D eigenvalue weighted by molar-refractivity contribution is 6.31. The number of anilines is 2.